The first kappa shape index (κ1) is 13.3. The van der Waals surface area contributed by atoms with Gasteiger partial charge in [-0.1, -0.05) is 0 Å². The van der Waals surface area contributed by atoms with E-state index >= 15 is 0 Å². The van der Waals surface area contributed by atoms with Gasteiger partial charge in [0.05, 0.1) is 0 Å². The Bertz CT molecular complexity index is 522. The molecule has 1 heterocycles. The van der Waals surface area contributed by atoms with Crippen molar-refractivity contribution in [2.75, 3.05) is 7.11 Å². The summed E-state index contributed by atoms with van der Waals surface area (Å²) < 4.78 is 5.76. The van der Waals surface area contributed by atoms with Gasteiger partial charge < -0.3 is 0 Å². The summed E-state index contributed by atoms with van der Waals surface area (Å²) in [6, 6.07) is 7.44. The van der Waals surface area contributed by atoms with Gasteiger partial charge >= 0.3 is 117 Å². The summed E-state index contributed by atoms with van der Waals surface area (Å²) in [5.41, 5.74) is 1.71. The number of rotatable bonds is 2. The molecule has 0 saturated carbocycles. The average molecular weight is 329 g/mol. The second kappa shape index (κ2) is 5.70. The fourth-order valence-electron chi connectivity index (χ4n) is 1.57. The Morgan fingerprint density at radius 3 is 2.61 bits per heavy atom. The van der Waals surface area contributed by atoms with Crippen LogP contribution in [-0.4, -0.2) is 38.7 Å². The van der Waals surface area contributed by atoms with Crippen LogP contribution in [0, 0.1) is 0 Å². The van der Waals surface area contributed by atoms with Gasteiger partial charge in [-0.15, -0.1) is 0 Å². The van der Waals surface area contributed by atoms with Gasteiger partial charge in [0.25, 0.3) is 0 Å². The number of hydrogen-bond acceptors (Lipinski definition) is 3. The fourth-order valence-corrected chi connectivity index (χ4v) is 3.84. The second-order valence-corrected chi connectivity index (χ2v) is 6.04. The van der Waals surface area contributed by atoms with Crippen LogP contribution in [0.4, 0.5) is 0 Å². The molecule has 18 heavy (non-hydrogen) atoms. The maximum atomic E-state index is 11.5. The third kappa shape index (κ3) is 2.83. The molecule has 0 amide bonds. The number of halogens is 1. The molecule has 0 aromatic heterocycles. The van der Waals surface area contributed by atoms with Gasteiger partial charge in [0.1, 0.15) is 0 Å². The van der Waals surface area contributed by atoms with Crippen LogP contribution in [0.25, 0.3) is 0 Å². The van der Waals surface area contributed by atoms with E-state index in [4.69, 9.17) is 16.3 Å². The topological polar surface area (TPSA) is 38.7 Å². The van der Waals surface area contributed by atoms with Gasteiger partial charge in [-0.05, 0) is 0 Å². The van der Waals surface area contributed by atoms with Crippen molar-refractivity contribution in [3.05, 3.63) is 45.4 Å². The van der Waals surface area contributed by atoms with Crippen molar-refractivity contribution in [1.29, 1.82) is 0 Å². The summed E-state index contributed by atoms with van der Waals surface area (Å²) in [4.78, 5) is 18.0. The molecule has 0 saturated heterocycles. The molecule has 2 rings (SSSR count). The Kier molecular flexibility index (Phi) is 4.23. The molecule has 1 unspecified atom stereocenters. The number of carbonyl (C=O) groups is 1. The van der Waals surface area contributed by atoms with Gasteiger partial charge in [0.15, 0.2) is 0 Å². The van der Waals surface area contributed by atoms with E-state index < -0.39 is 0 Å². The zero-order valence-corrected chi connectivity index (χ0v) is 12.5. The first-order chi connectivity index (χ1) is 8.61. The number of carbonyl (C=O) groups excluding carboxylic acids is 1. The van der Waals surface area contributed by atoms with Gasteiger partial charge in [-0.25, -0.2) is 0 Å². The Balaban J connectivity index is 2.20. The molecule has 1 aliphatic rings. The Hall–Kier alpha value is -1.09. The first-order valence-corrected chi connectivity index (χ1v) is 7.63. The van der Waals surface area contributed by atoms with E-state index in [9.17, 15) is 4.79 Å². The molecule has 0 radical (unpaired) electrons. The molecule has 1 aromatic rings. The maximum absolute atomic E-state index is 11.5. The SMILES string of the molecule is COC(=O)C1=C[Se]C(c2ccc(Cl)cc2)=NC1C. The second-order valence-electron chi connectivity index (χ2n) is 3.80. The average Bonchev–Trinajstić information content (AvgIpc) is 2.38. The molecule has 3 nitrogen and oxygen atoms in total. The number of nitrogens with zero attached hydrogens (tertiary/aromatic N) is 1. The zero-order valence-electron chi connectivity index (χ0n) is 10.0. The molecular formula is C13H12ClNO2Se. The standard InChI is InChI=1S/C13H12ClNO2Se/c1-8-11(13(16)17-2)7-18-12(15-8)9-3-5-10(14)6-4-9/h3-8H,1-2H3. The number of esters is 1. The molecule has 0 spiro atoms. The third-order valence-electron chi connectivity index (χ3n) is 2.57. The normalized spacial score (nSPS) is 18.9. The summed E-state index contributed by atoms with van der Waals surface area (Å²) in [6.07, 6.45) is 0. The molecule has 1 atom stereocenters. The van der Waals surface area contributed by atoms with E-state index in [1.165, 1.54) is 7.11 Å². The Labute approximate surface area is 117 Å². The quantitative estimate of drug-likeness (QED) is 0.617. The molecule has 0 N–H and O–H groups in total. The van der Waals surface area contributed by atoms with Crippen molar-refractivity contribution in [3.63, 3.8) is 0 Å². The number of benzene rings is 1. The minimum atomic E-state index is -0.289. The summed E-state index contributed by atoms with van der Waals surface area (Å²) >= 11 is 5.90. The molecule has 1 aliphatic heterocycles. The Morgan fingerprint density at radius 2 is 2.06 bits per heavy atom. The summed E-state index contributed by atoms with van der Waals surface area (Å²) in [5.74, 6) is -0.289. The van der Waals surface area contributed by atoms with Gasteiger partial charge in [-0.3, -0.25) is 0 Å². The minimum absolute atomic E-state index is 0.0455. The molecule has 0 bridgehead atoms. The van der Waals surface area contributed by atoms with Gasteiger partial charge in [0.2, 0.25) is 0 Å². The first-order valence-electron chi connectivity index (χ1n) is 5.40. The van der Waals surface area contributed by atoms with E-state index in [1.807, 2.05) is 36.2 Å². The van der Waals surface area contributed by atoms with E-state index in [0.29, 0.717) is 10.6 Å². The van der Waals surface area contributed by atoms with Crippen LogP contribution < -0.4 is 0 Å². The molecule has 94 valence electrons. The number of aliphatic imine (C=N–C) groups is 1. The van der Waals surface area contributed by atoms with Crippen LogP contribution in [0.5, 0.6) is 0 Å². The molecule has 1 aromatic carbocycles. The number of methoxy groups -OCH3 is 1. The predicted octanol–water partition coefficient (Wildman–Crippen LogP) is 2.25. The molecule has 0 fully saturated rings. The van der Waals surface area contributed by atoms with Crippen molar-refractivity contribution in [2.45, 2.75) is 13.0 Å². The van der Waals surface area contributed by atoms with Crippen LogP contribution in [0.1, 0.15) is 12.5 Å². The molecule has 5 heteroatoms. The summed E-state index contributed by atoms with van der Waals surface area (Å²) in [6.45, 7) is 1.90. The van der Waals surface area contributed by atoms with E-state index in [-0.39, 0.29) is 27.0 Å². The summed E-state index contributed by atoms with van der Waals surface area (Å²) in [5, 5.41) is 0.710. The van der Waals surface area contributed by atoms with Crippen molar-refractivity contribution >= 4 is 37.1 Å². The van der Waals surface area contributed by atoms with Crippen LogP contribution in [-0.2, 0) is 9.53 Å². The number of hydrogen-bond donors (Lipinski definition) is 0. The monoisotopic (exact) mass is 329 g/mol. The van der Waals surface area contributed by atoms with Crippen molar-refractivity contribution < 1.29 is 9.53 Å². The predicted molar refractivity (Wildman–Crippen MR) is 73.3 cm³/mol. The van der Waals surface area contributed by atoms with Crippen LogP contribution in [0.2, 0.25) is 5.02 Å². The van der Waals surface area contributed by atoms with E-state index in [0.717, 1.165) is 10.2 Å². The van der Waals surface area contributed by atoms with Crippen LogP contribution in [0.15, 0.2) is 39.8 Å². The van der Waals surface area contributed by atoms with Crippen molar-refractivity contribution in [1.82, 2.24) is 0 Å². The number of ether oxygens (including phenoxy) is 1. The molecular weight excluding hydrogens is 317 g/mol. The van der Waals surface area contributed by atoms with Crippen LogP contribution in [0.3, 0.4) is 0 Å². The van der Waals surface area contributed by atoms with Gasteiger partial charge in [-0.2, -0.15) is 0 Å². The third-order valence-corrected chi connectivity index (χ3v) is 4.79. The zero-order chi connectivity index (χ0) is 13.1. The fraction of sp³-hybridized carbons (Fsp3) is 0.231. The molecule has 0 aliphatic carbocycles. The Morgan fingerprint density at radius 1 is 1.39 bits per heavy atom. The van der Waals surface area contributed by atoms with Crippen molar-refractivity contribution in [3.8, 4) is 0 Å². The summed E-state index contributed by atoms with van der Waals surface area (Å²) in [7, 11) is 1.39. The van der Waals surface area contributed by atoms with E-state index in [2.05, 4.69) is 4.99 Å². The van der Waals surface area contributed by atoms with Crippen LogP contribution >= 0.6 is 11.6 Å². The van der Waals surface area contributed by atoms with Gasteiger partial charge in [0, 0.05) is 0 Å². The van der Waals surface area contributed by atoms with E-state index in [1.54, 1.807) is 0 Å². The van der Waals surface area contributed by atoms with Crippen molar-refractivity contribution in [2.24, 2.45) is 4.99 Å².